The summed E-state index contributed by atoms with van der Waals surface area (Å²) in [6.45, 7) is 1.43. The van der Waals surface area contributed by atoms with Crippen LogP contribution >= 0.6 is 0 Å². The summed E-state index contributed by atoms with van der Waals surface area (Å²) in [7, 11) is 1.51. The summed E-state index contributed by atoms with van der Waals surface area (Å²) in [4.78, 5) is 36.4. The van der Waals surface area contributed by atoms with Crippen LogP contribution in [0, 0.1) is 0 Å². The van der Waals surface area contributed by atoms with Gasteiger partial charge in [-0.25, -0.2) is 4.79 Å². The van der Waals surface area contributed by atoms with Gasteiger partial charge in [-0.2, -0.15) is 0 Å². The second-order valence-corrected chi connectivity index (χ2v) is 6.43. The van der Waals surface area contributed by atoms with Gasteiger partial charge in [0.25, 0.3) is 0 Å². The number of ketones is 2. The van der Waals surface area contributed by atoms with E-state index in [1.54, 1.807) is 66.7 Å². The summed E-state index contributed by atoms with van der Waals surface area (Å²) >= 11 is 0. The van der Waals surface area contributed by atoms with Gasteiger partial charge in [-0.3, -0.25) is 9.59 Å². The van der Waals surface area contributed by atoms with Crippen LogP contribution < -0.4 is 4.74 Å². The van der Waals surface area contributed by atoms with Crippen molar-refractivity contribution < 1.29 is 23.9 Å². The minimum atomic E-state index is -0.529. The molecule has 0 N–H and O–H groups in total. The van der Waals surface area contributed by atoms with Crippen LogP contribution in [0.5, 0.6) is 5.75 Å². The molecule has 0 unspecified atom stereocenters. The Labute approximate surface area is 168 Å². The Hall–Kier alpha value is -3.73. The Balaban J connectivity index is 1.70. The maximum Gasteiger partial charge on any atom is 0.338 e. The topological polar surface area (TPSA) is 69.7 Å². The number of hydrogen-bond donors (Lipinski definition) is 0. The van der Waals surface area contributed by atoms with Crippen molar-refractivity contribution in [3.63, 3.8) is 0 Å². The molecule has 3 aromatic rings. The molecule has 0 aliphatic heterocycles. The van der Waals surface area contributed by atoms with Crippen molar-refractivity contribution in [1.82, 2.24) is 0 Å². The van der Waals surface area contributed by atoms with E-state index in [1.165, 1.54) is 14.0 Å². The van der Waals surface area contributed by atoms with Crippen molar-refractivity contribution in [2.45, 2.75) is 13.5 Å². The third-order valence-electron chi connectivity index (χ3n) is 4.46. The summed E-state index contributed by atoms with van der Waals surface area (Å²) in [5.41, 5.74) is 2.52. The van der Waals surface area contributed by atoms with E-state index in [-0.39, 0.29) is 18.2 Å². The summed E-state index contributed by atoms with van der Waals surface area (Å²) in [5.74, 6) is -0.194. The van der Waals surface area contributed by atoms with Gasteiger partial charge in [0.15, 0.2) is 11.6 Å². The zero-order valence-electron chi connectivity index (χ0n) is 16.2. The van der Waals surface area contributed by atoms with E-state index in [0.29, 0.717) is 33.6 Å². The Morgan fingerprint density at radius 2 is 1.34 bits per heavy atom. The molecule has 0 spiro atoms. The quantitative estimate of drug-likeness (QED) is 0.441. The average Bonchev–Trinajstić information content (AvgIpc) is 2.77. The molecule has 0 amide bonds. The highest BCUT2D eigenvalue weighted by Gasteiger charge is 2.13. The normalized spacial score (nSPS) is 10.3. The first-order valence-electron chi connectivity index (χ1n) is 9.04. The fraction of sp³-hybridized carbons (Fsp3) is 0.125. The number of rotatable bonds is 7. The Morgan fingerprint density at radius 3 is 1.97 bits per heavy atom. The van der Waals surface area contributed by atoms with Crippen molar-refractivity contribution in [3.05, 3.63) is 101 Å². The molecule has 0 saturated heterocycles. The van der Waals surface area contributed by atoms with Gasteiger partial charge in [0.2, 0.25) is 0 Å². The fourth-order valence-corrected chi connectivity index (χ4v) is 2.85. The molecule has 0 aromatic heterocycles. The maximum absolute atomic E-state index is 12.4. The van der Waals surface area contributed by atoms with Crippen LogP contribution in [0.3, 0.4) is 0 Å². The van der Waals surface area contributed by atoms with Crippen LogP contribution in [0.2, 0.25) is 0 Å². The van der Waals surface area contributed by atoms with Crippen LogP contribution in [-0.2, 0) is 11.3 Å². The number of esters is 1. The number of Topliss-reactive ketones (excluding diaryl/α,β-unsaturated/α-hetero) is 1. The number of benzene rings is 3. The summed E-state index contributed by atoms with van der Waals surface area (Å²) in [6.07, 6.45) is 0. The predicted octanol–water partition coefficient (Wildman–Crippen LogP) is 4.49. The lowest BCUT2D eigenvalue weighted by atomic mass is 10.0. The van der Waals surface area contributed by atoms with Crippen LogP contribution in [0.25, 0.3) is 0 Å². The van der Waals surface area contributed by atoms with Crippen LogP contribution in [0.15, 0.2) is 72.8 Å². The molecule has 0 aliphatic carbocycles. The fourth-order valence-electron chi connectivity index (χ4n) is 2.85. The molecule has 5 nitrogen and oxygen atoms in total. The molecular weight excluding hydrogens is 368 g/mol. The molecule has 0 fully saturated rings. The number of carbonyl (C=O) groups excluding carboxylic acids is 3. The molecular formula is C24H20O5. The SMILES string of the molecule is COc1ccc(C(C)=O)cc1COC(=O)c1ccc(C(=O)c2ccccc2)cc1. The van der Waals surface area contributed by atoms with E-state index in [9.17, 15) is 14.4 Å². The molecule has 0 radical (unpaired) electrons. The van der Waals surface area contributed by atoms with Crippen molar-refractivity contribution >= 4 is 17.5 Å². The molecule has 0 saturated carbocycles. The Kier molecular flexibility index (Phi) is 6.19. The first kappa shape index (κ1) is 20.0. The van der Waals surface area contributed by atoms with E-state index < -0.39 is 5.97 Å². The highest BCUT2D eigenvalue weighted by Crippen LogP contribution is 2.22. The van der Waals surface area contributed by atoms with E-state index in [2.05, 4.69) is 0 Å². The molecule has 0 aliphatic rings. The molecule has 0 heterocycles. The molecule has 0 atom stereocenters. The van der Waals surface area contributed by atoms with Gasteiger partial charge in [-0.1, -0.05) is 42.5 Å². The third-order valence-corrected chi connectivity index (χ3v) is 4.46. The second-order valence-electron chi connectivity index (χ2n) is 6.43. The Bertz CT molecular complexity index is 1040. The molecule has 5 heteroatoms. The summed E-state index contributed by atoms with van der Waals surface area (Å²) in [5, 5.41) is 0. The highest BCUT2D eigenvalue weighted by atomic mass is 16.5. The van der Waals surface area contributed by atoms with Crippen LogP contribution in [0.4, 0.5) is 0 Å². The number of carbonyl (C=O) groups is 3. The van der Waals surface area contributed by atoms with Gasteiger partial charge in [0, 0.05) is 22.3 Å². The molecule has 0 bridgehead atoms. The average molecular weight is 388 g/mol. The second kappa shape index (κ2) is 8.97. The van der Waals surface area contributed by atoms with Gasteiger partial charge in [0.1, 0.15) is 12.4 Å². The van der Waals surface area contributed by atoms with Gasteiger partial charge in [0.05, 0.1) is 12.7 Å². The van der Waals surface area contributed by atoms with Gasteiger partial charge in [-0.05, 0) is 37.3 Å². The zero-order valence-corrected chi connectivity index (χ0v) is 16.2. The number of hydrogen-bond acceptors (Lipinski definition) is 5. The van der Waals surface area contributed by atoms with E-state index in [4.69, 9.17) is 9.47 Å². The molecule has 146 valence electrons. The summed E-state index contributed by atoms with van der Waals surface area (Å²) < 4.78 is 10.6. The smallest absolute Gasteiger partial charge is 0.338 e. The molecule has 3 rings (SSSR count). The third kappa shape index (κ3) is 4.76. The van der Waals surface area contributed by atoms with Gasteiger partial charge >= 0.3 is 5.97 Å². The van der Waals surface area contributed by atoms with Crippen molar-refractivity contribution in [2.24, 2.45) is 0 Å². The molecule has 29 heavy (non-hydrogen) atoms. The standard InChI is InChI=1S/C24H20O5/c1-16(25)20-12-13-22(28-2)21(14-20)15-29-24(27)19-10-8-18(9-11-19)23(26)17-6-4-3-5-7-17/h3-14H,15H2,1-2H3. The van der Waals surface area contributed by atoms with Gasteiger partial charge < -0.3 is 9.47 Å². The van der Waals surface area contributed by atoms with Crippen LogP contribution in [-0.4, -0.2) is 24.6 Å². The minimum absolute atomic E-state index is 0.0339. The monoisotopic (exact) mass is 388 g/mol. The van der Waals surface area contributed by atoms with Crippen molar-refractivity contribution in [3.8, 4) is 5.75 Å². The number of methoxy groups -OCH3 is 1. The van der Waals surface area contributed by atoms with Crippen LogP contribution in [0.1, 0.15) is 49.1 Å². The first-order valence-corrected chi connectivity index (χ1v) is 9.04. The molecule has 3 aromatic carbocycles. The lowest BCUT2D eigenvalue weighted by Crippen LogP contribution is -2.08. The lowest BCUT2D eigenvalue weighted by Gasteiger charge is -2.11. The maximum atomic E-state index is 12.4. The Morgan fingerprint density at radius 1 is 0.759 bits per heavy atom. The highest BCUT2D eigenvalue weighted by molar-refractivity contribution is 6.09. The number of ether oxygens (including phenoxy) is 2. The van der Waals surface area contributed by atoms with Crippen molar-refractivity contribution in [1.29, 1.82) is 0 Å². The zero-order chi connectivity index (χ0) is 20.8. The minimum Gasteiger partial charge on any atom is -0.496 e. The van der Waals surface area contributed by atoms with E-state index in [0.717, 1.165) is 0 Å². The lowest BCUT2D eigenvalue weighted by molar-refractivity contribution is 0.0470. The first-order chi connectivity index (χ1) is 14.0. The largest absolute Gasteiger partial charge is 0.496 e. The van der Waals surface area contributed by atoms with Gasteiger partial charge in [-0.15, -0.1) is 0 Å². The van der Waals surface area contributed by atoms with Crippen molar-refractivity contribution in [2.75, 3.05) is 7.11 Å². The summed E-state index contributed by atoms with van der Waals surface area (Å²) in [6, 6.07) is 20.2. The predicted molar refractivity (Wildman–Crippen MR) is 108 cm³/mol. The van der Waals surface area contributed by atoms with E-state index >= 15 is 0 Å². The van der Waals surface area contributed by atoms with E-state index in [1.807, 2.05) is 6.07 Å².